The van der Waals surface area contributed by atoms with Crippen molar-refractivity contribution in [3.05, 3.63) is 0 Å². The molecule has 19 heavy (non-hydrogen) atoms. The fourth-order valence-electron chi connectivity index (χ4n) is 2.02. The highest BCUT2D eigenvalue weighted by molar-refractivity contribution is 7.94. The standard InChI is InChI=1S/C12H18O6S/c1-17-11(14)6-9(13)7-18-8-12(4-5-12)19(15,16)10-2-3-10/h10H,2-8H2,1H3. The maximum absolute atomic E-state index is 12.1. The molecule has 0 amide bonds. The first-order valence-electron chi connectivity index (χ1n) is 6.31. The predicted octanol–water partition coefficient (Wildman–Crippen LogP) is 0.245. The summed E-state index contributed by atoms with van der Waals surface area (Å²) in [6.07, 6.45) is 2.36. The summed E-state index contributed by atoms with van der Waals surface area (Å²) in [6.45, 7) is -0.185. The van der Waals surface area contributed by atoms with E-state index in [1.807, 2.05) is 0 Å². The van der Waals surface area contributed by atoms with Crippen LogP contribution in [0, 0.1) is 0 Å². The van der Waals surface area contributed by atoms with Crippen LogP contribution in [0.5, 0.6) is 0 Å². The van der Waals surface area contributed by atoms with Gasteiger partial charge in [-0.3, -0.25) is 9.59 Å². The summed E-state index contributed by atoms with van der Waals surface area (Å²) in [5.41, 5.74) is 0. The highest BCUT2D eigenvalue weighted by atomic mass is 32.2. The molecule has 6 nitrogen and oxygen atoms in total. The van der Waals surface area contributed by atoms with E-state index in [1.165, 1.54) is 7.11 Å². The van der Waals surface area contributed by atoms with Gasteiger partial charge in [0, 0.05) is 0 Å². The van der Waals surface area contributed by atoms with Gasteiger partial charge in [0.05, 0.1) is 23.7 Å². The molecule has 0 radical (unpaired) electrons. The molecule has 0 saturated heterocycles. The molecule has 2 aliphatic carbocycles. The zero-order valence-corrected chi connectivity index (χ0v) is 11.7. The first-order valence-corrected chi connectivity index (χ1v) is 7.86. The number of rotatable bonds is 8. The summed E-state index contributed by atoms with van der Waals surface area (Å²) in [6, 6.07) is 0. The van der Waals surface area contributed by atoms with Crippen molar-refractivity contribution in [3.8, 4) is 0 Å². The quantitative estimate of drug-likeness (QED) is 0.470. The van der Waals surface area contributed by atoms with Crippen LogP contribution < -0.4 is 0 Å². The molecule has 2 saturated carbocycles. The number of ketones is 1. The van der Waals surface area contributed by atoms with Crippen molar-refractivity contribution in [2.45, 2.75) is 42.1 Å². The Kier molecular flexibility index (Phi) is 3.96. The number of methoxy groups -OCH3 is 1. The van der Waals surface area contributed by atoms with Crippen molar-refractivity contribution in [2.24, 2.45) is 0 Å². The molecule has 2 rings (SSSR count). The summed E-state index contributed by atoms with van der Waals surface area (Å²) >= 11 is 0. The van der Waals surface area contributed by atoms with Crippen LogP contribution in [0.3, 0.4) is 0 Å². The summed E-state index contributed by atoms with van der Waals surface area (Å²) in [5.74, 6) is -1.01. The van der Waals surface area contributed by atoms with E-state index in [1.54, 1.807) is 0 Å². The number of ether oxygens (including phenoxy) is 2. The van der Waals surface area contributed by atoms with Gasteiger partial charge in [-0.25, -0.2) is 8.42 Å². The Hall–Kier alpha value is -0.950. The minimum absolute atomic E-state index is 0.0543. The number of carbonyl (C=O) groups is 2. The Morgan fingerprint density at radius 3 is 2.37 bits per heavy atom. The van der Waals surface area contributed by atoms with E-state index in [9.17, 15) is 18.0 Å². The molecular formula is C12H18O6S. The average molecular weight is 290 g/mol. The third-order valence-electron chi connectivity index (χ3n) is 3.57. The Morgan fingerprint density at radius 2 is 1.89 bits per heavy atom. The lowest BCUT2D eigenvalue weighted by molar-refractivity contribution is -0.144. The fourth-order valence-corrected chi connectivity index (χ4v) is 4.40. The van der Waals surface area contributed by atoms with Crippen LogP contribution in [0.15, 0.2) is 0 Å². The largest absolute Gasteiger partial charge is 0.469 e. The molecule has 0 heterocycles. The molecule has 2 aliphatic rings. The summed E-state index contributed by atoms with van der Waals surface area (Å²) in [5, 5.41) is -0.204. The number of esters is 1. The lowest BCUT2D eigenvalue weighted by Gasteiger charge is -2.15. The third kappa shape index (κ3) is 3.14. The molecule has 0 aliphatic heterocycles. The highest BCUT2D eigenvalue weighted by Gasteiger charge is 2.59. The number of carbonyl (C=O) groups excluding carboxylic acids is 2. The first-order chi connectivity index (χ1) is 8.91. The molecule has 0 N–H and O–H groups in total. The van der Waals surface area contributed by atoms with Crippen LogP contribution in [0.2, 0.25) is 0 Å². The third-order valence-corrected chi connectivity index (χ3v) is 6.65. The van der Waals surface area contributed by atoms with E-state index >= 15 is 0 Å². The van der Waals surface area contributed by atoms with Gasteiger partial charge in [0.15, 0.2) is 15.6 Å². The van der Waals surface area contributed by atoms with Crippen molar-refractivity contribution in [1.82, 2.24) is 0 Å². The topological polar surface area (TPSA) is 86.7 Å². The van der Waals surface area contributed by atoms with Crippen molar-refractivity contribution in [3.63, 3.8) is 0 Å². The van der Waals surface area contributed by atoms with Gasteiger partial charge in [-0.15, -0.1) is 0 Å². The maximum atomic E-state index is 12.1. The number of sulfone groups is 1. The average Bonchev–Trinajstić information content (AvgIpc) is 3.21. The minimum atomic E-state index is -3.11. The van der Waals surface area contributed by atoms with Crippen LogP contribution in [-0.4, -0.2) is 50.5 Å². The van der Waals surface area contributed by atoms with Gasteiger partial charge in [0.25, 0.3) is 0 Å². The molecule has 0 unspecified atom stereocenters. The first kappa shape index (κ1) is 14.5. The van der Waals surface area contributed by atoms with Crippen molar-refractivity contribution >= 4 is 21.6 Å². The molecule has 0 atom stereocenters. The van der Waals surface area contributed by atoms with Gasteiger partial charge in [0.2, 0.25) is 0 Å². The van der Waals surface area contributed by atoms with E-state index in [0.29, 0.717) is 12.8 Å². The SMILES string of the molecule is COC(=O)CC(=O)COCC1(S(=O)(=O)C2CC2)CC1. The second kappa shape index (κ2) is 5.20. The molecule has 7 heteroatoms. The zero-order valence-electron chi connectivity index (χ0n) is 10.9. The van der Waals surface area contributed by atoms with Gasteiger partial charge in [-0.1, -0.05) is 0 Å². The lowest BCUT2D eigenvalue weighted by atomic mass is 10.3. The monoisotopic (exact) mass is 290 g/mol. The summed E-state index contributed by atoms with van der Waals surface area (Å²) < 4.78 is 33.1. The molecular weight excluding hydrogens is 272 g/mol. The van der Waals surface area contributed by atoms with Crippen molar-refractivity contribution in [2.75, 3.05) is 20.3 Å². The van der Waals surface area contributed by atoms with Crippen molar-refractivity contribution in [1.29, 1.82) is 0 Å². The van der Waals surface area contributed by atoms with E-state index in [4.69, 9.17) is 4.74 Å². The fraction of sp³-hybridized carbons (Fsp3) is 0.833. The highest BCUT2D eigenvalue weighted by Crippen LogP contribution is 2.50. The maximum Gasteiger partial charge on any atom is 0.313 e. The molecule has 0 spiro atoms. The second-order valence-corrected chi connectivity index (χ2v) is 7.83. The van der Waals surface area contributed by atoms with Crippen LogP contribution in [0.4, 0.5) is 0 Å². The second-order valence-electron chi connectivity index (χ2n) is 5.21. The predicted molar refractivity (Wildman–Crippen MR) is 66.4 cm³/mol. The van der Waals surface area contributed by atoms with E-state index in [-0.39, 0.29) is 24.9 Å². The van der Waals surface area contributed by atoms with Crippen molar-refractivity contribution < 1.29 is 27.5 Å². The molecule has 0 aromatic rings. The normalized spacial score (nSPS) is 20.9. The van der Waals surface area contributed by atoms with E-state index in [0.717, 1.165) is 12.8 Å². The zero-order chi connectivity index (χ0) is 14.1. The molecule has 2 fully saturated rings. The van der Waals surface area contributed by atoms with E-state index in [2.05, 4.69) is 4.74 Å². The molecule has 108 valence electrons. The summed E-state index contributed by atoms with van der Waals surface area (Å²) in [4.78, 5) is 22.2. The van der Waals surface area contributed by atoms with Gasteiger partial charge < -0.3 is 9.47 Å². The molecule has 0 bridgehead atoms. The Balaban J connectivity index is 1.77. The van der Waals surface area contributed by atoms with Gasteiger partial charge in [-0.2, -0.15) is 0 Å². The van der Waals surface area contributed by atoms with Crippen LogP contribution in [0.1, 0.15) is 32.1 Å². The number of hydrogen-bond donors (Lipinski definition) is 0. The molecule has 0 aromatic carbocycles. The van der Waals surface area contributed by atoms with Gasteiger partial charge in [-0.05, 0) is 25.7 Å². The number of Topliss-reactive ketones (excluding diaryl/α,β-unsaturated/α-hetero) is 1. The van der Waals surface area contributed by atoms with Crippen LogP contribution in [0.25, 0.3) is 0 Å². The Labute approximate surface area is 112 Å². The van der Waals surface area contributed by atoms with Gasteiger partial charge in [0.1, 0.15) is 13.0 Å². The smallest absolute Gasteiger partial charge is 0.313 e. The Morgan fingerprint density at radius 1 is 1.26 bits per heavy atom. The number of hydrogen-bond acceptors (Lipinski definition) is 6. The Bertz CT molecular complexity index is 472. The van der Waals surface area contributed by atoms with Gasteiger partial charge >= 0.3 is 5.97 Å². The molecule has 0 aromatic heterocycles. The minimum Gasteiger partial charge on any atom is -0.469 e. The van der Waals surface area contributed by atoms with E-state index < -0.39 is 26.3 Å². The lowest BCUT2D eigenvalue weighted by Crippen LogP contribution is -2.32. The van der Waals surface area contributed by atoms with Crippen LogP contribution >= 0.6 is 0 Å². The summed E-state index contributed by atoms with van der Waals surface area (Å²) in [7, 11) is -1.90. The van der Waals surface area contributed by atoms with Crippen LogP contribution in [-0.2, 0) is 28.9 Å².